The van der Waals surface area contributed by atoms with Crippen molar-refractivity contribution in [3.05, 3.63) is 69.8 Å². The number of benzene rings is 1. The summed E-state index contributed by atoms with van der Waals surface area (Å²) in [5.41, 5.74) is 9.11. The second-order valence-electron chi connectivity index (χ2n) is 7.40. The zero-order chi connectivity index (χ0) is 21.1. The first kappa shape index (κ1) is 26.1. The van der Waals surface area contributed by atoms with Crippen LogP contribution >= 0.6 is 24.4 Å². The van der Waals surface area contributed by atoms with Crippen molar-refractivity contribution in [1.82, 2.24) is 0 Å². The van der Waals surface area contributed by atoms with Gasteiger partial charge >= 0.3 is 43.0 Å². The second-order valence-corrected chi connectivity index (χ2v) is 18.7. The molecule has 0 unspecified atom stereocenters. The van der Waals surface area contributed by atoms with Crippen LogP contribution in [-0.2, 0) is 31.4 Å². The van der Waals surface area contributed by atoms with Gasteiger partial charge in [0.25, 0.3) is 0 Å². The molecular formula is C25H34Br2Zr. The number of aryl methyl sites for hydroxylation is 1. The molecule has 152 valence electrons. The van der Waals surface area contributed by atoms with Gasteiger partial charge in [-0.3, -0.25) is 0 Å². The van der Waals surface area contributed by atoms with E-state index in [4.69, 9.17) is 0 Å². The van der Waals surface area contributed by atoms with E-state index >= 15 is 0 Å². The Labute approximate surface area is 195 Å². The van der Waals surface area contributed by atoms with Crippen molar-refractivity contribution in [1.29, 1.82) is 0 Å². The Morgan fingerprint density at radius 1 is 0.964 bits per heavy atom. The van der Waals surface area contributed by atoms with Gasteiger partial charge in [-0.25, -0.2) is 0 Å². The first-order valence-corrected chi connectivity index (χ1v) is 21.5. The summed E-state index contributed by atoms with van der Waals surface area (Å²) < 4.78 is 0. The molecule has 0 aromatic heterocycles. The molecular weight excluding hydrogens is 551 g/mol. The number of unbranched alkanes of at least 4 members (excludes halogenated alkanes) is 1. The molecule has 3 aromatic rings. The van der Waals surface area contributed by atoms with E-state index in [1.165, 1.54) is 70.7 Å². The predicted molar refractivity (Wildman–Crippen MR) is 131 cm³/mol. The van der Waals surface area contributed by atoms with Gasteiger partial charge < -0.3 is 0 Å². The second kappa shape index (κ2) is 14.1. The molecule has 3 aromatic carbocycles. The number of hydrogen-bond donors (Lipinski definition) is 0. The summed E-state index contributed by atoms with van der Waals surface area (Å²) >= 11 is 6.32. The molecule has 0 aliphatic rings. The molecule has 3 heteroatoms. The van der Waals surface area contributed by atoms with Gasteiger partial charge in [0, 0.05) is 0 Å². The van der Waals surface area contributed by atoms with Crippen molar-refractivity contribution in [2.24, 2.45) is 0 Å². The molecule has 28 heavy (non-hydrogen) atoms. The van der Waals surface area contributed by atoms with Crippen LogP contribution in [0.1, 0.15) is 66.5 Å². The molecule has 0 spiro atoms. The van der Waals surface area contributed by atoms with Crippen LogP contribution in [0.3, 0.4) is 0 Å². The normalized spacial score (nSPS) is 10.0. The van der Waals surface area contributed by atoms with Crippen LogP contribution in [0.5, 0.6) is 0 Å². The van der Waals surface area contributed by atoms with Crippen LogP contribution in [0.15, 0.2) is 36.4 Å². The summed E-state index contributed by atoms with van der Waals surface area (Å²) in [5.74, 6) is 0. The van der Waals surface area contributed by atoms with Crippen LogP contribution < -0.4 is 0 Å². The fourth-order valence-electron chi connectivity index (χ4n) is 3.66. The number of rotatable bonds is 5. The van der Waals surface area contributed by atoms with Crippen LogP contribution in [-0.4, -0.2) is 0 Å². The molecule has 0 nitrogen and oxygen atoms in total. The molecule has 0 saturated carbocycles. The Morgan fingerprint density at radius 2 is 1.61 bits per heavy atom. The number of hydrogen-bond acceptors (Lipinski definition) is 0. The van der Waals surface area contributed by atoms with Crippen LogP contribution in [0.4, 0.5) is 0 Å². The third-order valence-corrected chi connectivity index (χ3v) is 5.59. The van der Waals surface area contributed by atoms with Crippen LogP contribution in [0, 0.1) is 27.7 Å². The fourth-order valence-corrected chi connectivity index (χ4v) is 3.66. The van der Waals surface area contributed by atoms with Crippen LogP contribution in [0.2, 0.25) is 0 Å². The van der Waals surface area contributed by atoms with E-state index in [1.807, 2.05) is 0 Å². The Morgan fingerprint density at radius 3 is 2.11 bits per heavy atom. The van der Waals surface area contributed by atoms with Crippen LogP contribution in [0.25, 0.3) is 10.8 Å². The van der Waals surface area contributed by atoms with E-state index in [2.05, 4.69) is 102 Å². The molecule has 0 saturated heterocycles. The maximum atomic E-state index is 3.23. The fraction of sp³-hybridized carbons (Fsp3) is 0.440. The van der Waals surface area contributed by atoms with E-state index in [9.17, 15) is 0 Å². The molecule has 3 rings (SSSR count). The third-order valence-electron chi connectivity index (χ3n) is 5.59. The first-order chi connectivity index (χ1) is 13.4. The Hall–Kier alpha value is 0.0231. The van der Waals surface area contributed by atoms with Gasteiger partial charge in [0.1, 0.15) is 0 Å². The summed E-state index contributed by atoms with van der Waals surface area (Å²) in [7, 11) is 0. The van der Waals surface area contributed by atoms with E-state index in [0.717, 1.165) is 0 Å². The van der Waals surface area contributed by atoms with Gasteiger partial charge in [0.05, 0.1) is 0 Å². The standard InChI is InChI=1S/C13H15.C12H19.2BrH.Zr/c1-2-3-6-11-9-12-7-4-5-8-13(12)10-11;1-6-7-12-10(4)8(2)9(3)11(12)5;;;/h4-5,7-10H,2-3,6H2,1H3;6-7H2,1-5H3;2*1H;/q2*-1;;;+4/p-2. The topological polar surface area (TPSA) is 0 Å². The van der Waals surface area contributed by atoms with E-state index in [-0.39, 0.29) is 18.5 Å². The SMILES string of the molecule is CCCCc1cc2ccccc2[cH-]1.CCCc1c(C)c(C)c(C)[c-]1C.[Br][Zr+2][Br]. The predicted octanol–water partition coefficient (Wildman–Crippen LogP) is 9.18. The van der Waals surface area contributed by atoms with Crippen molar-refractivity contribution in [2.75, 3.05) is 0 Å². The van der Waals surface area contributed by atoms with Crippen molar-refractivity contribution in [2.45, 2.75) is 73.6 Å². The summed E-state index contributed by atoms with van der Waals surface area (Å²) in [6, 6.07) is 13.2. The van der Waals surface area contributed by atoms with Gasteiger partial charge in [-0.2, -0.15) is 33.9 Å². The minimum atomic E-state index is -0.145. The van der Waals surface area contributed by atoms with Gasteiger partial charge in [0.2, 0.25) is 0 Å². The summed E-state index contributed by atoms with van der Waals surface area (Å²) in [6.07, 6.45) is 6.31. The molecule has 0 amide bonds. The quantitative estimate of drug-likeness (QED) is 0.262. The molecule has 0 fully saturated rings. The van der Waals surface area contributed by atoms with Crippen molar-refractivity contribution < 1.29 is 18.5 Å². The van der Waals surface area contributed by atoms with Crippen molar-refractivity contribution in [3.63, 3.8) is 0 Å². The molecule has 0 bridgehead atoms. The third kappa shape index (κ3) is 7.69. The van der Waals surface area contributed by atoms with Gasteiger partial charge in [0.15, 0.2) is 0 Å². The Balaban J connectivity index is 0.000000247. The van der Waals surface area contributed by atoms with Crippen molar-refractivity contribution in [3.8, 4) is 0 Å². The zero-order valence-electron chi connectivity index (χ0n) is 18.3. The molecule has 0 atom stereocenters. The zero-order valence-corrected chi connectivity index (χ0v) is 23.9. The molecule has 0 aliphatic carbocycles. The molecule has 0 N–H and O–H groups in total. The van der Waals surface area contributed by atoms with E-state index in [0.29, 0.717) is 0 Å². The average molecular weight is 586 g/mol. The molecule has 0 aliphatic heterocycles. The van der Waals surface area contributed by atoms with Gasteiger partial charge in [-0.1, -0.05) is 73.3 Å². The number of fused-ring (bicyclic) bond motifs is 1. The molecule has 0 radical (unpaired) electrons. The number of halogens is 2. The van der Waals surface area contributed by atoms with E-state index < -0.39 is 0 Å². The Bertz CT molecular complexity index is 768. The summed E-state index contributed by atoms with van der Waals surface area (Å²) in [6.45, 7) is 13.5. The summed E-state index contributed by atoms with van der Waals surface area (Å²) in [4.78, 5) is 0. The van der Waals surface area contributed by atoms with Gasteiger partial charge in [-0.05, 0) is 6.42 Å². The Kier molecular flexibility index (Phi) is 13.1. The maximum absolute atomic E-state index is 3.23. The minimum absolute atomic E-state index is 0.145. The van der Waals surface area contributed by atoms with Crippen molar-refractivity contribution >= 4 is 35.2 Å². The average Bonchev–Trinajstić information content (AvgIpc) is 3.19. The molecule has 0 heterocycles. The van der Waals surface area contributed by atoms with Gasteiger partial charge in [-0.15, -0.1) is 40.6 Å². The monoisotopic (exact) mass is 582 g/mol. The first-order valence-electron chi connectivity index (χ1n) is 10.2. The summed E-state index contributed by atoms with van der Waals surface area (Å²) in [5, 5.41) is 2.77. The van der Waals surface area contributed by atoms with E-state index in [1.54, 1.807) is 5.56 Å².